The highest BCUT2D eigenvalue weighted by molar-refractivity contribution is 8.02. The average Bonchev–Trinajstić information content (AvgIpc) is 1.90. The van der Waals surface area contributed by atoms with E-state index in [1.807, 2.05) is 0 Å². The first kappa shape index (κ1) is 7.16. The van der Waals surface area contributed by atoms with E-state index in [0.717, 1.165) is 19.3 Å². The highest BCUT2D eigenvalue weighted by Crippen LogP contribution is 2.41. The molecule has 2 atom stereocenters. The molecule has 3 aliphatic heterocycles. The van der Waals surface area contributed by atoms with Gasteiger partial charge in [0.2, 0.25) is 5.91 Å². The largest absolute Gasteiger partial charge is 0.334 e. The third-order valence-electron chi connectivity index (χ3n) is 2.14. The second kappa shape index (κ2) is 2.52. The van der Waals surface area contributed by atoms with E-state index in [1.54, 1.807) is 16.7 Å². The fourth-order valence-electron chi connectivity index (χ4n) is 1.53. The lowest BCUT2D eigenvalue weighted by atomic mass is 10.1. The van der Waals surface area contributed by atoms with E-state index < -0.39 is 0 Å². The number of thioether (sulfide) groups is 1. The van der Waals surface area contributed by atoms with Gasteiger partial charge in [0.05, 0.1) is 11.8 Å². The second-order valence-corrected chi connectivity index (χ2v) is 4.40. The van der Waals surface area contributed by atoms with Gasteiger partial charge in [-0.2, -0.15) is 0 Å². The minimum atomic E-state index is 0.157. The van der Waals surface area contributed by atoms with Crippen LogP contribution in [0.5, 0.6) is 0 Å². The summed E-state index contributed by atoms with van der Waals surface area (Å²) in [5.41, 5.74) is 0. The molecule has 3 rings (SSSR count). The second-order valence-electron chi connectivity index (χ2n) is 2.89. The number of amides is 1. The predicted octanol–water partition coefficient (Wildman–Crippen LogP) is -0.0984. The normalized spacial score (nSPS) is 34.9. The molecular weight excluding hydrogens is 162 g/mol. The molecule has 4 heteroatoms. The summed E-state index contributed by atoms with van der Waals surface area (Å²) in [5.74, 6) is 0.157. The van der Waals surface area contributed by atoms with Crippen molar-refractivity contribution in [2.24, 2.45) is 0 Å². The van der Waals surface area contributed by atoms with Gasteiger partial charge in [-0.15, -0.1) is 11.8 Å². The number of aldehydes is 1. The fourth-order valence-corrected chi connectivity index (χ4v) is 2.82. The first-order valence-electron chi connectivity index (χ1n) is 3.69. The molecule has 3 fully saturated rings. The Morgan fingerprint density at radius 1 is 1.73 bits per heavy atom. The number of hydrogen-bond acceptors (Lipinski definition) is 3. The smallest absolute Gasteiger partial charge is 0.236 e. The topological polar surface area (TPSA) is 37.4 Å². The Bertz CT molecular complexity index is 201. The van der Waals surface area contributed by atoms with Crippen LogP contribution in [0.25, 0.3) is 0 Å². The van der Waals surface area contributed by atoms with Gasteiger partial charge in [-0.1, -0.05) is 0 Å². The molecule has 2 unspecified atom stereocenters. The van der Waals surface area contributed by atoms with Crippen LogP contribution in [0.4, 0.5) is 0 Å². The molecule has 3 nitrogen and oxygen atoms in total. The van der Waals surface area contributed by atoms with Crippen molar-refractivity contribution in [2.45, 2.75) is 16.9 Å². The van der Waals surface area contributed by atoms with Crippen LogP contribution in [0.2, 0.25) is 0 Å². The van der Waals surface area contributed by atoms with E-state index in [9.17, 15) is 9.59 Å². The Morgan fingerprint density at radius 3 is 3.00 bits per heavy atom. The van der Waals surface area contributed by atoms with Crippen molar-refractivity contribution in [3.63, 3.8) is 0 Å². The van der Waals surface area contributed by atoms with Crippen molar-refractivity contribution < 1.29 is 9.59 Å². The van der Waals surface area contributed by atoms with Crippen LogP contribution in [0.1, 0.15) is 6.42 Å². The third-order valence-corrected chi connectivity index (χ3v) is 3.59. The van der Waals surface area contributed by atoms with Crippen LogP contribution in [0, 0.1) is 0 Å². The van der Waals surface area contributed by atoms with Gasteiger partial charge in [-0.05, 0) is 6.42 Å². The van der Waals surface area contributed by atoms with Crippen LogP contribution >= 0.6 is 11.8 Å². The molecule has 0 saturated carbocycles. The lowest BCUT2D eigenvalue weighted by Crippen LogP contribution is -2.55. The number of nitrogens with zero attached hydrogens (tertiary/aromatic N) is 1. The van der Waals surface area contributed by atoms with E-state index in [2.05, 4.69) is 0 Å². The lowest BCUT2D eigenvalue weighted by molar-refractivity contribution is -0.135. The van der Waals surface area contributed by atoms with Gasteiger partial charge in [-0.3, -0.25) is 4.79 Å². The van der Waals surface area contributed by atoms with Crippen LogP contribution in [0.15, 0.2) is 0 Å². The zero-order valence-electron chi connectivity index (χ0n) is 6.03. The maximum Gasteiger partial charge on any atom is 0.236 e. The molecule has 0 aromatic heterocycles. The molecule has 0 N–H and O–H groups in total. The molecule has 0 aromatic rings. The van der Waals surface area contributed by atoms with Gasteiger partial charge >= 0.3 is 0 Å². The summed E-state index contributed by atoms with van der Waals surface area (Å²) in [6, 6.07) is 0. The summed E-state index contributed by atoms with van der Waals surface area (Å²) in [6.45, 7) is 1.06. The Hall–Kier alpha value is -0.510. The number of rotatable bonds is 2. The van der Waals surface area contributed by atoms with Crippen molar-refractivity contribution in [3.8, 4) is 0 Å². The first-order valence-corrected chi connectivity index (χ1v) is 4.63. The molecule has 0 spiro atoms. The van der Waals surface area contributed by atoms with Crippen LogP contribution in [0.3, 0.4) is 0 Å². The first-order chi connectivity index (χ1) is 5.31. The quantitative estimate of drug-likeness (QED) is 0.544. The molecule has 0 aromatic carbocycles. The monoisotopic (exact) mass is 171 g/mol. The SMILES string of the molecule is O=CCN1CC2CC(S2)C1=O. The number of carbonyl (C=O) groups is 2. The van der Waals surface area contributed by atoms with E-state index in [-0.39, 0.29) is 17.7 Å². The van der Waals surface area contributed by atoms with Gasteiger partial charge in [0.25, 0.3) is 0 Å². The van der Waals surface area contributed by atoms with Crippen LogP contribution < -0.4 is 0 Å². The van der Waals surface area contributed by atoms with E-state index in [1.165, 1.54) is 0 Å². The number of carbonyl (C=O) groups excluding carboxylic acids is 2. The lowest BCUT2D eigenvalue weighted by Gasteiger charge is -2.44. The Morgan fingerprint density at radius 2 is 2.45 bits per heavy atom. The Balaban J connectivity index is 2.01. The van der Waals surface area contributed by atoms with Crippen LogP contribution in [-0.2, 0) is 9.59 Å². The molecule has 2 bridgehead atoms. The number of hydrogen-bond donors (Lipinski definition) is 0. The summed E-state index contributed by atoms with van der Waals surface area (Å²) in [6.07, 6.45) is 1.83. The molecule has 3 aliphatic rings. The van der Waals surface area contributed by atoms with Crippen molar-refractivity contribution in [1.82, 2.24) is 4.90 Å². The van der Waals surface area contributed by atoms with Crippen molar-refractivity contribution >= 4 is 24.0 Å². The molecule has 1 amide bonds. The van der Waals surface area contributed by atoms with Crippen LogP contribution in [-0.4, -0.2) is 40.7 Å². The minimum absolute atomic E-state index is 0.157. The molecular formula is C7H9NO2S. The standard InChI is InChI=1S/C7H9NO2S/c9-2-1-8-4-5-3-6(11-5)7(8)10/h2,5-6H,1,3-4H2. The molecule has 60 valence electrons. The van der Waals surface area contributed by atoms with E-state index >= 15 is 0 Å². The zero-order valence-corrected chi connectivity index (χ0v) is 6.84. The molecule has 3 saturated heterocycles. The zero-order chi connectivity index (χ0) is 7.84. The number of fused-ring (bicyclic) bond motifs is 2. The fraction of sp³-hybridized carbons (Fsp3) is 0.714. The highest BCUT2D eigenvalue weighted by Gasteiger charge is 2.43. The number of piperidine rings is 1. The van der Waals surface area contributed by atoms with Crippen molar-refractivity contribution in [2.75, 3.05) is 13.1 Å². The Kier molecular flexibility index (Phi) is 1.64. The third kappa shape index (κ3) is 1.05. The summed E-state index contributed by atoms with van der Waals surface area (Å²) < 4.78 is 0. The Labute approximate surface area is 69.1 Å². The summed E-state index contributed by atoms with van der Waals surface area (Å²) >= 11 is 1.75. The minimum Gasteiger partial charge on any atom is -0.334 e. The van der Waals surface area contributed by atoms with Gasteiger partial charge in [0.1, 0.15) is 6.29 Å². The highest BCUT2D eigenvalue weighted by atomic mass is 32.2. The molecule has 3 heterocycles. The van der Waals surface area contributed by atoms with Gasteiger partial charge in [0, 0.05) is 11.8 Å². The van der Waals surface area contributed by atoms with Gasteiger partial charge in [0.15, 0.2) is 0 Å². The molecule has 0 aliphatic carbocycles. The van der Waals surface area contributed by atoms with E-state index in [4.69, 9.17) is 0 Å². The molecule has 11 heavy (non-hydrogen) atoms. The summed E-state index contributed by atoms with van der Waals surface area (Å²) in [7, 11) is 0. The molecule has 0 radical (unpaired) electrons. The predicted molar refractivity (Wildman–Crippen MR) is 42.4 cm³/mol. The van der Waals surface area contributed by atoms with Gasteiger partial charge < -0.3 is 9.69 Å². The van der Waals surface area contributed by atoms with Gasteiger partial charge in [-0.25, -0.2) is 0 Å². The average molecular weight is 171 g/mol. The van der Waals surface area contributed by atoms with Crippen molar-refractivity contribution in [3.05, 3.63) is 0 Å². The maximum absolute atomic E-state index is 11.3. The summed E-state index contributed by atoms with van der Waals surface area (Å²) in [5, 5.41) is 0.784. The summed E-state index contributed by atoms with van der Waals surface area (Å²) in [4.78, 5) is 23.1. The van der Waals surface area contributed by atoms with Crippen molar-refractivity contribution in [1.29, 1.82) is 0 Å². The van der Waals surface area contributed by atoms with E-state index in [0.29, 0.717) is 5.25 Å². The maximum atomic E-state index is 11.3.